The maximum atomic E-state index is 11.9. The Morgan fingerprint density at radius 1 is 1.17 bits per heavy atom. The first-order valence-corrected chi connectivity index (χ1v) is 7.38. The molecular formula is C16H13BrN2O4. The molecular weight excluding hydrogens is 364 g/mol. The molecule has 6 nitrogen and oxygen atoms in total. The highest BCUT2D eigenvalue weighted by Crippen LogP contribution is 2.15. The Bertz CT molecular complexity index is 729. The van der Waals surface area contributed by atoms with Crippen molar-refractivity contribution in [1.29, 1.82) is 0 Å². The molecule has 0 bridgehead atoms. The van der Waals surface area contributed by atoms with Crippen molar-refractivity contribution in [3.8, 4) is 5.75 Å². The molecule has 0 saturated heterocycles. The monoisotopic (exact) mass is 376 g/mol. The summed E-state index contributed by atoms with van der Waals surface area (Å²) in [7, 11) is 0. The van der Waals surface area contributed by atoms with Crippen molar-refractivity contribution in [2.75, 3.05) is 6.61 Å². The van der Waals surface area contributed by atoms with Gasteiger partial charge in [-0.05, 0) is 36.4 Å². The normalized spacial score (nSPS) is 10.5. The number of nitrogens with zero attached hydrogens (tertiary/aromatic N) is 1. The van der Waals surface area contributed by atoms with Gasteiger partial charge in [-0.1, -0.05) is 28.1 Å². The molecule has 2 rings (SSSR count). The van der Waals surface area contributed by atoms with Gasteiger partial charge in [-0.3, -0.25) is 4.79 Å². The van der Waals surface area contributed by atoms with Crippen LogP contribution >= 0.6 is 15.9 Å². The number of halogens is 1. The third kappa shape index (κ3) is 5.23. The second kappa shape index (κ2) is 8.09. The van der Waals surface area contributed by atoms with Crippen LogP contribution in [0.1, 0.15) is 15.9 Å². The molecule has 7 heteroatoms. The lowest BCUT2D eigenvalue weighted by Crippen LogP contribution is -2.17. The van der Waals surface area contributed by atoms with E-state index >= 15 is 0 Å². The smallest absolute Gasteiger partial charge is 0.341 e. The highest BCUT2D eigenvalue weighted by molar-refractivity contribution is 9.10. The number of rotatable bonds is 6. The number of hydrogen-bond acceptors (Lipinski definition) is 4. The molecule has 23 heavy (non-hydrogen) atoms. The fourth-order valence-electron chi connectivity index (χ4n) is 1.68. The summed E-state index contributed by atoms with van der Waals surface area (Å²) in [4.78, 5) is 22.4. The van der Waals surface area contributed by atoms with Crippen LogP contribution in [0.15, 0.2) is 58.1 Å². The third-order valence-electron chi connectivity index (χ3n) is 2.75. The first-order valence-electron chi connectivity index (χ1n) is 6.59. The molecule has 0 atom stereocenters. The molecule has 0 saturated carbocycles. The van der Waals surface area contributed by atoms with E-state index < -0.39 is 12.6 Å². The van der Waals surface area contributed by atoms with Gasteiger partial charge in [0.1, 0.15) is 5.75 Å². The maximum Gasteiger partial charge on any atom is 0.341 e. The lowest BCUT2D eigenvalue weighted by Gasteiger charge is -2.06. The van der Waals surface area contributed by atoms with Gasteiger partial charge in [0.05, 0.1) is 6.21 Å². The molecule has 118 valence electrons. The molecule has 0 radical (unpaired) electrons. The van der Waals surface area contributed by atoms with Crippen molar-refractivity contribution in [2.45, 2.75) is 0 Å². The average molecular weight is 377 g/mol. The van der Waals surface area contributed by atoms with Crippen molar-refractivity contribution in [1.82, 2.24) is 5.43 Å². The van der Waals surface area contributed by atoms with Gasteiger partial charge in [0.2, 0.25) is 0 Å². The predicted molar refractivity (Wildman–Crippen MR) is 88.8 cm³/mol. The van der Waals surface area contributed by atoms with Crippen LogP contribution in [0.5, 0.6) is 5.75 Å². The minimum absolute atomic E-state index is 0.349. The van der Waals surface area contributed by atoms with Gasteiger partial charge in [0.25, 0.3) is 5.91 Å². The van der Waals surface area contributed by atoms with E-state index in [1.54, 1.807) is 48.5 Å². The van der Waals surface area contributed by atoms with E-state index in [1.165, 1.54) is 6.21 Å². The number of para-hydroxylation sites is 1. The van der Waals surface area contributed by atoms with Crippen LogP contribution in [0.3, 0.4) is 0 Å². The van der Waals surface area contributed by atoms with E-state index in [0.29, 0.717) is 16.9 Å². The van der Waals surface area contributed by atoms with Gasteiger partial charge in [-0.25, -0.2) is 10.2 Å². The summed E-state index contributed by atoms with van der Waals surface area (Å²) >= 11 is 3.29. The maximum absolute atomic E-state index is 11.9. The van der Waals surface area contributed by atoms with Crippen LogP contribution in [-0.4, -0.2) is 29.8 Å². The number of hydrogen-bond donors (Lipinski definition) is 2. The lowest BCUT2D eigenvalue weighted by atomic mass is 10.2. The second-order valence-corrected chi connectivity index (χ2v) is 5.34. The Balaban J connectivity index is 2.01. The van der Waals surface area contributed by atoms with E-state index in [0.717, 1.165) is 4.47 Å². The Morgan fingerprint density at radius 2 is 1.87 bits per heavy atom. The van der Waals surface area contributed by atoms with E-state index in [4.69, 9.17) is 9.84 Å². The topological polar surface area (TPSA) is 88.0 Å². The van der Waals surface area contributed by atoms with Gasteiger partial charge < -0.3 is 9.84 Å². The summed E-state index contributed by atoms with van der Waals surface area (Å²) < 4.78 is 6.02. The van der Waals surface area contributed by atoms with E-state index in [1.807, 2.05) is 0 Å². The zero-order chi connectivity index (χ0) is 16.7. The van der Waals surface area contributed by atoms with E-state index in [2.05, 4.69) is 26.5 Å². The van der Waals surface area contributed by atoms with Crippen LogP contribution in [0, 0.1) is 0 Å². The number of amides is 1. The van der Waals surface area contributed by atoms with Crippen LogP contribution in [0.25, 0.3) is 0 Å². The molecule has 0 fully saturated rings. The predicted octanol–water partition coefficient (Wildman–Crippen LogP) is 2.68. The fraction of sp³-hybridized carbons (Fsp3) is 0.0625. The Labute approximate surface area is 140 Å². The number of carboxylic acid groups (broad SMARTS) is 1. The lowest BCUT2D eigenvalue weighted by molar-refractivity contribution is -0.139. The zero-order valence-corrected chi connectivity index (χ0v) is 13.5. The van der Waals surface area contributed by atoms with Crippen molar-refractivity contribution in [2.24, 2.45) is 5.10 Å². The first kappa shape index (κ1) is 16.7. The zero-order valence-electron chi connectivity index (χ0n) is 11.9. The summed E-state index contributed by atoms with van der Waals surface area (Å²) in [5.41, 5.74) is 3.44. The number of carboxylic acids is 1. The molecule has 0 heterocycles. The number of ether oxygens (including phenoxy) is 1. The average Bonchev–Trinajstić information content (AvgIpc) is 2.54. The van der Waals surface area contributed by atoms with E-state index in [9.17, 15) is 9.59 Å². The summed E-state index contributed by atoms with van der Waals surface area (Å²) in [6, 6.07) is 13.6. The quantitative estimate of drug-likeness (QED) is 0.599. The molecule has 0 unspecified atom stereocenters. The molecule has 1 amide bonds. The fourth-order valence-corrected chi connectivity index (χ4v) is 1.95. The number of carbonyl (C=O) groups excluding carboxylic acids is 1. The summed E-state index contributed by atoms with van der Waals surface area (Å²) in [5.74, 6) is -1.05. The van der Waals surface area contributed by atoms with E-state index in [-0.39, 0.29) is 5.91 Å². The van der Waals surface area contributed by atoms with Crippen molar-refractivity contribution >= 4 is 34.0 Å². The molecule has 0 aliphatic carbocycles. The minimum Gasteiger partial charge on any atom is -0.481 e. The minimum atomic E-state index is -1.07. The largest absolute Gasteiger partial charge is 0.481 e. The molecule has 0 spiro atoms. The van der Waals surface area contributed by atoms with Crippen molar-refractivity contribution in [3.63, 3.8) is 0 Å². The molecule has 2 aromatic carbocycles. The Morgan fingerprint density at radius 3 is 2.57 bits per heavy atom. The molecule has 0 aliphatic heterocycles. The number of hydrazone groups is 1. The first-order chi connectivity index (χ1) is 11.1. The number of carbonyl (C=O) groups is 2. The molecule has 2 N–H and O–H groups in total. The molecule has 0 aliphatic rings. The highest BCUT2D eigenvalue weighted by Gasteiger charge is 2.05. The van der Waals surface area contributed by atoms with Crippen LogP contribution in [0.2, 0.25) is 0 Å². The summed E-state index contributed by atoms with van der Waals surface area (Å²) in [6.45, 7) is -0.448. The summed E-state index contributed by atoms with van der Waals surface area (Å²) in [6.07, 6.45) is 1.40. The summed E-state index contributed by atoms with van der Waals surface area (Å²) in [5, 5.41) is 12.5. The van der Waals surface area contributed by atoms with Gasteiger partial charge >= 0.3 is 5.97 Å². The number of benzene rings is 2. The van der Waals surface area contributed by atoms with Gasteiger partial charge in [-0.2, -0.15) is 5.10 Å². The van der Waals surface area contributed by atoms with Crippen LogP contribution in [0.4, 0.5) is 0 Å². The van der Waals surface area contributed by atoms with Gasteiger partial charge in [-0.15, -0.1) is 0 Å². The van der Waals surface area contributed by atoms with Crippen molar-refractivity contribution < 1.29 is 19.4 Å². The SMILES string of the molecule is O=C(O)COc1ccccc1C=NNC(=O)c1ccc(Br)cc1. The number of aliphatic carboxylic acids is 1. The molecule has 2 aromatic rings. The second-order valence-electron chi connectivity index (χ2n) is 4.43. The molecule has 0 aromatic heterocycles. The van der Waals surface area contributed by atoms with Crippen LogP contribution < -0.4 is 10.2 Å². The Kier molecular flexibility index (Phi) is 5.87. The standard InChI is InChI=1S/C16H13BrN2O4/c17-13-7-5-11(6-8-13)16(22)19-18-9-12-3-1-2-4-14(12)23-10-15(20)21/h1-9H,10H2,(H,19,22)(H,20,21). The Hall–Kier alpha value is -2.67. The van der Waals surface area contributed by atoms with Gasteiger partial charge in [0.15, 0.2) is 6.61 Å². The number of nitrogens with one attached hydrogen (secondary N) is 1. The van der Waals surface area contributed by atoms with Crippen molar-refractivity contribution in [3.05, 3.63) is 64.1 Å². The third-order valence-corrected chi connectivity index (χ3v) is 3.27. The van der Waals surface area contributed by atoms with Gasteiger partial charge in [0, 0.05) is 15.6 Å². The highest BCUT2D eigenvalue weighted by atomic mass is 79.9. The van der Waals surface area contributed by atoms with Crippen LogP contribution in [-0.2, 0) is 4.79 Å².